The lowest BCUT2D eigenvalue weighted by Gasteiger charge is -2.61. The molecule has 0 aliphatic heterocycles. The number of aliphatic hydroxyl groups is 2. The SMILES string of the molecule is CC12C/C(=C/O)C(=O)C[C@@H]1CC[C@@H]1[C@@H]2CCC2(C)[C@H]1CC[C@]2(C)O. The molecule has 0 amide bonds. The summed E-state index contributed by atoms with van der Waals surface area (Å²) in [4.78, 5) is 12.2. The van der Waals surface area contributed by atoms with Crippen molar-refractivity contribution in [3.05, 3.63) is 11.8 Å². The zero-order chi connectivity index (χ0) is 17.3. The molecular weight excluding hydrogens is 300 g/mol. The monoisotopic (exact) mass is 332 g/mol. The molecule has 3 nitrogen and oxygen atoms in total. The molecule has 0 aromatic rings. The van der Waals surface area contributed by atoms with Crippen LogP contribution in [0.1, 0.15) is 72.1 Å². The van der Waals surface area contributed by atoms with Crippen molar-refractivity contribution in [2.75, 3.05) is 0 Å². The highest BCUT2D eigenvalue weighted by Crippen LogP contribution is 2.68. The molecular formula is C21H32O3. The fourth-order valence-electron chi connectivity index (χ4n) is 7.37. The van der Waals surface area contributed by atoms with Crippen molar-refractivity contribution in [3.63, 3.8) is 0 Å². The van der Waals surface area contributed by atoms with Gasteiger partial charge in [0.1, 0.15) is 0 Å². The normalized spacial score (nSPS) is 55.8. The lowest BCUT2D eigenvalue weighted by Crippen LogP contribution is -2.56. The highest BCUT2D eigenvalue weighted by Gasteiger charge is 2.63. The Labute approximate surface area is 145 Å². The Kier molecular flexibility index (Phi) is 3.53. The number of aliphatic hydroxyl groups excluding tert-OH is 1. The van der Waals surface area contributed by atoms with Crippen LogP contribution in [0.15, 0.2) is 11.8 Å². The van der Waals surface area contributed by atoms with Gasteiger partial charge in [-0.1, -0.05) is 13.8 Å². The number of hydrogen-bond acceptors (Lipinski definition) is 3. The van der Waals surface area contributed by atoms with Gasteiger partial charge in [-0.05, 0) is 86.4 Å². The number of allylic oxidation sites excluding steroid dienone is 1. The zero-order valence-electron chi connectivity index (χ0n) is 15.3. The van der Waals surface area contributed by atoms with Gasteiger partial charge in [-0.25, -0.2) is 0 Å². The summed E-state index contributed by atoms with van der Waals surface area (Å²) in [6.07, 6.45) is 9.11. The van der Waals surface area contributed by atoms with Crippen LogP contribution in [0.5, 0.6) is 0 Å². The first-order valence-electron chi connectivity index (χ1n) is 9.82. The van der Waals surface area contributed by atoms with Gasteiger partial charge in [0.05, 0.1) is 11.9 Å². The van der Waals surface area contributed by atoms with E-state index < -0.39 is 5.60 Å². The third-order valence-corrected chi connectivity index (χ3v) is 9.14. The van der Waals surface area contributed by atoms with E-state index in [0.29, 0.717) is 35.7 Å². The second-order valence-corrected chi connectivity index (χ2v) is 9.88. The average molecular weight is 332 g/mol. The van der Waals surface area contributed by atoms with E-state index in [1.54, 1.807) is 0 Å². The highest BCUT2D eigenvalue weighted by molar-refractivity contribution is 5.96. The number of carbonyl (C=O) groups is 1. The van der Waals surface area contributed by atoms with Crippen molar-refractivity contribution in [1.82, 2.24) is 0 Å². The molecule has 0 spiro atoms. The first-order chi connectivity index (χ1) is 11.2. The maximum absolute atomic E-state index is 12.2. The predicted octanol–water partition coefficient (Wildman–Crippen LogP) is 4.40. The Balaban J connectivity index is 1.67. The fourth-order valence-corrected chi connectivity index (χ4v) is 7.37. The molecule has 0 radical (unpaired) electrons. The molecule has 0 aromatic carbocycles. The van der Waals surface area contributed by atoms with Crippen LogP contribution in [0, 0.1) is 34.5 Å². The molecule has 4 fully saturated rings. The molecule has 0 saturated heterocycles. The van der Waals surface area contributed by atoms with Gasteiger partial charge in [-0.2, -0.15) is 0 Å². The van der Waals surface area contributed by atoms with Crippen LogP contribution in [0.3, 0.4) is 0 Å². The second-order valence-electron chi connectivity index (χ2n) is 9.88. The smallest absolute Gasteiger partial charge is 0.162 e. The van der Waals surface area contributed by atoms with Crippen LogP contribution in [0.2, 0.25) is 0 Å². The molecule has 2 N–H and O–H groups in total. The summed E-state index contributed by atoms with van der Waals surface area (Å²) < 4.78 is 0. The van der Waals surface area contributed by atoms with Crippen LogP contribution in [-0.4, -0.2) is 21.6 Å². The number of Topliss-reactive ketones (excluding diaryl/α,β-unsaturated/α-hetero) is 1. The Morgan fingerprint density at radius 2 is 1.75 bits per heavy atom. The maximum Gasteiger partial charge on any atom is 0.162 e. The molecule has 24 heavy (non-hydrogen) atoms. The molecule has 4 saturated carbocycles. The van der Waals surface area contributed by atoms with Crippen molar-refractivity contribution in [2.24, 2.45) is 34.5 Å². The van der Waals surface area contributed by atoms with Crippen LogP contribution in [0.25, 0.3) is 0 Å². The average Bonchev–Trinajstić information content (AvgIpc) is 2.77. The Morgan fingerprint density at radius 1 is 1.04 bits per heavy atom. The summed E-state index contributed by atoms with van der Waals surface area (Å²) in [6, 6.07) is 0. The molecule has 4 aliphatic rings. The van der Waals surface area contributed by atoms with Crippen LogP contribution >= 0.6 is 0 Å². The summed E-state index contributed by atoms with van der Waals surface area (Å²) in [5.74, 6) is 2.55. The number of fused-ring (bicyclic) bond motifs is 5. The van der Waals surface area contributed by atoms with Crippen molar-refractivity contribution in [1.29, 1.82) is 0 Å². The van der Waals surface area contributed by atoms with Crippen molar-refractivity contribution in [3.8, 4) is 0 Å². The summed E-state index contributed by atoms with van der Waals surface area (Å²) in [5.41, 5.74) is 0.304. The Morgan fingerprint density at radius 3 is 2.46 bits per heavy atom. The van der Waals surface area contributed by atoms with E-state index in [-0.39, 0.29) is 16.6 Å². The molecule has 2 unspecified atom stereocenters. The van der Waals surface area contributed by atoms with Crippen LogP contribution < -0.4 is 0 Å². The standard InChI is InChI=1S/C21H32O3/c1-19-11-13(12-22)18(23)10-14(19)4-5-15-16(19)6-8-20(2)17(15)7-9-21(20,3)24/h12,14-17,22,24H,4-11H2,1-3H3/b13-12-/t14-,15+,16-,17-,19?,20?,21-/m0/s1. The largest absolute Gasteiger partial charge is 0.515 e. The van der Waals surface area contributed by atoms with E-state index in [0.717, 1.165) is 44.8 Å². The van der Waals surface area contributed by atoms with E-state index in [2.05, 4.69) is 13.8 Å². The van der Waals surface area contributed by atoms with Gasteiger partial charge in [0.15, 0.2) is 5.78 Å². The summed E-state index contributed by atoms with van der Waals surface area (Å²) in [6.45, 7) is 6.74. The van der Waals surface area contributed by atoms with E-state index in [1.165, 1.54) is 6.42 Å². The maximum atomic E-state index is 12.2. The van der Waals surface area contributed by atoms with E-state index in [9.17, 15) is 15.0 Å². The first kappa shape index (κ1) is 16.6. The Hall–Kier alpha value is -0.830. The van der Waals surface area contributed by atoms with Crippen molar-refractivity contribution >= 4 is 5.78 Å². The van der Waals surface area contributed by atoms with Crippen molar-refractivity contribution < 1.29 is 15.0 Å². The second kappa shape index (κ2) is 5.09. The summed E-state index contributed by atoms with van der Waals surface area (Å²) >= 11 is 0. The number of ketones is 1. The topological polar surface area (TPSA) is 57.5 Å². The summed E-state index contributed by atoms with van der Waals surface area (Å²) in [5, 5.41) is 20.5. The van der Waals surface area contributed by atoms with E-state index in [4.69, 9.17) is 0 Å². The van der Waals surface area contributed by atoms with Gasteiger partial charge in [-0.3, -0.25) is 4.79 Å². The minimum atomic E-state index is -0.529. The molecule has 4 rings (SSSR count). The highest BCUT2D eigenvalue weighted by atomic mass is 16.3. The van der Waals surface area contributed by atoms with Crippen molar-refractivity contribution in [2.45, 2.75) is 77.7 Å². The minimum absolute atomic E-state index is 0.0531. The van der Waals surface area contributed by atoms with Gasteiger partial charge >= 0.3 is 0 Å². The third-order valence-electron chi connectivity index (χ3n) is 9.14. The minimum Gasteiger partial charge on any atom is -0.515 e. The molecule has 0 heterocycles. The third kappa shape index (κ3) is 1.97. The first-order valence-corrected chi connectivity index (χ1v) is 9.82. The van der Waals surface area contributed by atoms with E-state index in [1.807, 2.05) is 6.92 Å². The van der Waals surface area contributed by atoms with Crippen LogP contribution in [-0.2, 0) is 4.79 Å². The quantitative estimate of drug-likeness (QED) is 0.510. The molecule has 134 valence electrons. The number of hydrogen-bond donors (Lipinski definition) is 2. The van der Waals surface area contributed by atoms with Gasteiger partial charge in [-0.15, -0.1) is 0 Å². The van der Waals surface area contributed by atoms with Gasteiger partial charge in [0.25, 0.3) is 0 Å². The zero-order valence-corrected chi connectivity index (χ0v) is 15.3. The van der Waals surface area contributed by atoms with Gasteiger partial charge in [0, 0.05) is 12.0 Å². The lowest BCUT2D eigenvalue weighted by atomic mass is 9.44. The molecule has 4 aliphatic carbocycles. The van der Waals surface area contributed by atoms with E-state index >= 15 is 0 Å². The summed E-state index contributed by atoms with van der Waals surface area (Å²) in [7, 11) is 0. The van der Waals surface area contributed by atoms with Gasteiger partial charge < -0.3 is 10.2 Å². The molecule has 3 heteroatoms. The molecule has 0 aromatic heterocycles. The van der Waals surface area contributed by atoms with Crippen LogP contribution in [0.4, 0.5) is 0 Å². The Bertz CT molecular complexity index is 592. The predicted molar refractivity (Wildman–Crippen MR) is 93.5 cm³/mol. The molecule has 0 bridgehead atoms. The fraction of sp³-hybridized carbons (Fsp3) is 0.857. The number of rotatable bonds is 0. The lowest BCUT2D eigenvalue weighted by molar-refractivity contribution is -0.147. The van der Waals surface area contributed by atoms with Gasteiger partial charge in [0.2, 0.25) is 0 Å². The molecule has 7 atom stereocenters. The number of carbonyl (C=O) groups excluding carboxylic acids is 1.